The van der Waals surface area contributed by atoms with E-state index in [0.29, 0.717) is 4.57 Å². The second-order valence-corrected chi connectivity index (χ2v) is 6.76. The molecule has 0 bridgehead atoms. The SMILES string of the molecule is CNS(=O)(=O)C[C@H]1OC[C@](F)(n2ccc(=O)[nH]c2=O)[C@@H]1OC. The van der Waals surface area contributed by atoms with Crippen molar-refractivity contribution in [2.45, 2.75) is 18.0 Å². The second-order valence-electron chi connectivity index (χ2n) is 4.79. The van der Waals surface area contributed by atoms with Crippen molar-refractivity contribution in [1.82, 2.24) is 14.3 Å². The number of methoxy groups -OCH3 is 1. The number of nitrogens with zero attached hydrogens (tertiary/aromatic N) is 1. The first-order chi connectivity index (χ1) is 10.2. The third-order valence-electron chi connectivity index (χ3n) is 3.45. The summed E-state index contributed by atoms with van der Waals surface area (Å²) in [5.41, 5.74) is -1.65. The molecule has 0 amide bonds. The highest BCUT2D eigenvalue weighted by atomic mass is 32.2. The summed E-state index contributed by atoms with van der Waals surface area (Å²) in [7, 11) is -1.25. The van der Waals surface area contributed by atoms with Gasteiger partial charge in [-0.25, -0.2) is 22.3 Å². The summed E-state index contributed by atoms with van der Waals surface area (Å²) in [5, 5.41) is 0. The fourth-order valence-corrected chi connectivity index (χ4v) is 3.23. The van der Waals surface area contributed by atoms with E-state index < -0.39 is 51.6 Å². The Kier molecular flexibility index (Phi) is 4.52. The number of halogens is 1. The molecule has 22 heavy (non-hydrogen) atoms. The van der Waals surface area contributed by atoms with Gasteiger partial charge in [0.05, 0.1) is 5.75 Å². The first-order valence-corrected chi connectivity index (χ1v) is 7.96. The first kappa shape index (κ1) is 16.8. The predicted molar refractivity (Wildman–Crippen MR) is 73.8 cm³/mol. The van der Waals surface area contributed by atoms with Gasteiger partial charge >= 0.3 is 5.69 Å². The van der Waals surface area contributed by atoms with Crippen LogP contribution >= 0.6 is 0 Å². The van der Waals surface area contributed by atoms with Gasteiger partial charge < -0.3 is 9.47 Å². The number of hydrogen-bond acceptors (Lipinski definition) is 6. The molecule has 0 unspecified atom stereocenters. The fraction of sp³-hybridized carbons (Fsp3) is 0.636. The van der Waals surface area contributed by atoms with Crippen LogP contribution in [0.1, 0.15) is 0 Å². The average molecular weight is 337 g/mol. The lowest BCUT2D eigenvalue weighted by Gasteiger charge is -2.28. The minimum atomic E-state index is -3.66. The number of nitrogens with one attached hydrogen (secondary N) is 2. The molecule has 0 spiro atoms. The van der Waals surface area contributed by atoms with E-state index in [0.717, 1.165) is 12.3 Å². The van der Waals surface area contributed by atoms with Crippen molar-refractivity contribution < 1.29 is 22.3 Å². The molecule has 1 fully saturated rings. The molecule has 1 aliphatic heterocycles. The van der Waals surface area contributed by atoms with E-state index in [9.17, 15) is 18.0 Å². The summed E-state index contributed by atoms with van der Waals surface area (Å²) < 4.78 is 51.3. The van der Waals surface area contributed by atoms with Gasteiger partial charge in [0, 0.05) is 19.4 Å². The molecule has 3 atom stereocenters. The van der Waals surface area contributed by atoms with E-state index in [-0.39, 0.29) is 0 Å². The van der Waals surface area contributed by atoms with Crippen LogP contribution in [0.25, 0.3) is 0 Å². The number of ether oxygens (including phenoxy) is 2. The van der Waals surface area contributed by atoms with E-state index in [1.165, 1.54) is 14.2 Å². The molecule has 0 radical (unpaired) electrons. The molecular formula is C11H16FN3O6S. The summed E-state index contributed by atoms with van der Waals surface area (Å²) in [5.74, 6) is -2.95. The summed E-state index contributed by atoms with van der Waals surface area (Å²) in [6.07, 6.45) is -1.46. The lowest BCUT2D eigenvalue weighted by molar-refractivity contribution is -0.0658. The molecular weight excluding hydrogens is 321 g/mol. The van der Waals surface area contributed by atoms with Crippen LogP contribution in [0.5, 0.6) is 0 Å². The highest BCUT2D eigenvalue weighted by molar-refractivity contribution is 7.89. The normalized spacial score (nSPS) is 28.9. The lowest BCUT2D eigenvalue weighted by atomic mass is 10.1. The minimum absolute atomic E-state index is 0.522. The Bertz CT molecular complexity index is 760. The monoisotopic (exact) mass is 337 g/mol. The van der Waals surface area contributed by atoms with Crippen molar-refractivity contribution in [3.63, 3.8) is 0 Å². The van der Waals surface area contributed by atoms with Crippen molar-refractivity contribution in [2.75, 3.05) is 26.5 Å². The van der Waals surface area contributed by atoms with Gasteiger partial charge in [-0.3, -0.25) is 14.3 Å². The maximum absolute atomic E-state index is 15.2. The second kappa shape index (κ2) is 5.91. The van der Waals surface area contributed by atoms with E-state index in [4.69, 9.17) is 9.47 Å². The first-order valence-electron chi connectivity index (χ1n) is 6.30. The smallest absolute Gasteiger partial charge is 0.331 e. The number of hydrogen-bond donors (Lipinski definition) is 2. The summed E-state index contributed by atoms with van der Waals surface area (Å²) in [4.78, 5) is 24.8. The molecule has 124 valence electrons. The number of alkyl halides is 1. The topological polar surface area (TPSA) is 119 Å². The Balaban J connectivity index is 2.39. The maximum atomic E-state index is 15.2. The van der Waals surface area contributed by atoms with Crippen LogP contribution < -0.4 is 16.0 Å². The minimum Gasteiger partial charge on any atom is -0.373 e. The zero-order chi connectivity index (χ0) is 16.5. The number of aromatic nitrogens is 2. The number of rotatable bonds is 5. The maximum Gasteiger partial charge on any atom is 0.331 e. The molecule has 9 nitrogen and oxygen atoms in total. The van der Waals surface area contributed by atoms with Gasteiger partial charge in [-0.2, -0.15) is 0 Å². The molecule has 2 rings (SSSR count). The molecule has 11 heteroatoms. The third-order valence-corrected chi connectivity index (χ3v) is 4.84. The largest absolute Gasteiger partial charge is 0.373 e. The average Bonchev–Trinajstić information content (AvgIpc) is 2.75. The van der Waals surface area contributed by atoms with Crippen LogP contribution in [0.3, 0.4) is 0 Å². The molecule has 1 aromatic rings. The van der Waals surface area contributed by atoms with Crippen molar-refractivity contribution in [2.24, 2.45) is 0 Å². The molecule has 0 aliphatic carbocycles. The Morgan fingerprint density at radius 3 is 2.82 bits per heavy atom. The number of aromatic amines is 1. The Morgan fingerprint density at radius 2 is 2.27 bits per heavy atom. The zero-order valence-electron chi connectivity index (χ0n) is 11.9. The fourth-order valence-electron chi connectivity index (χ4n) is 2.36. The van der Waals surface area contributed by atoms with Crippen LogP contribution in [-0.4, -0.2) is 56.7 Å². The Labute approximate surface area is 125 Å². The highest BCUT2D eigenvalue weighted by Gasteiger charge is 2.54. The van der Waals surface area contributed by atoms with Gasteiger partial charge in [-0.05, 0) is 7.05 Å². The molecule has 0 saturated carbocycles. The van der Waals surface area contributed by atoms with Crippen LogP contribution in [0.2, 0.25) is 0 Å². The molecule has 1 aromatic heterocycles. The molecule has 2 heterocycles. The van der Waals surface area contributed by atoms with Crippen LogP contribution in [-0.2, 0) is 25.3 Å². The predicted octanol–water partition coefficient (Wildman–Crippen LogP) is -1.88. The molecule has 1 aliphatic rings. The highest BCUT2D eigenvalue weighted by Crippen LogP contribution is 2.34. The summed E-state index contributed by atoms with van der Waals surface area (Å²) >= 11 is 0. The Morgan fingerprint density at radius 1 is 1.59 bits per heavy atom. The van der Waals surface area contributed by atoms with Crippen LogP contribution in [0.4, 0.5) is 4.39 Å². The van der Waals surface area contributed by atoms with Crippen LogP contribution in [0.15, 0.2) is 21.9 Å². The zero-order valence-corrected chi connectivity index (χ0v) is 12.7. The quantitative estimate of drug-likeness (QED) is 0.649. The van der Waals surface area contributed by atoms with E-state index in [1.54, 1.807) is 0 Å². The number of H-pyrrole nitrogens is 1. The van der Waals surface area contributed by atoms with Crippen molar-refractivity contribution in [3.05, 3.63) is 33.1 Å². The van der Waals surface area contributed by atoms with Gasteiger partial charge in [-0.1, -0.05) is 0 Å². The van der Waals surface area contributed by atoms with Crippen molar-refractivity contribution in [3.8, 4) is 0 Å². The van der Waals surface area contributed by atoms with Gasteiger partial charge in [0.1, 0.15) is 18.8 Å². The van der Waals surface area contributed by atoms with Crippen LogP contribution in [0, 0.1) is 0 Å². The number of sulfonamides is 1. The molecule has 1 saturated heterocycles. The van der Waals surface area contributed by atoms with Gasteiger partial charge in [0.15, 0.2) is 0 Å². The van der Waals surface area contributed by atoms with Gasteiger partial charge in [-0.15, -0.1) is 0 Å². The van der Waals surface area contributed by atoms with Crippen molar-refractivity contribution in [1.29, 1.82) is 0 Å². The van der Waals surface area contributed by atoms with Gasteiger partial charge in [0.2, 0.25) is 15.8 Å². The molecule has 2 N–H and O–H groups in total. The Hall–Kier alpha value is -1.56. The van der Waals surface area contributed by atoms with Gasteiger partial charge in [0.25, 0.3) is 5.56 Å². The van der Waals surface area contributed by atoms with E-state index in [1.807, 2.05) is 4.98 Å². The van der Waals surface area contributed by atoms with E-state index in [2.05, 4.69) is 4.72 Å². The van der Waals surface area contributed by atoms with E-state index >= 15 is 4.39 Å². The third kappa shape index (κ3) is 2.97. The summed E-state index contributed by atoms with van der Waals surface area (Å²) in [6.45, 7) is -0.582. The summed E-state index contributed by atoms with van der Waals surface area (Å²) in [6, 6.07) is 0.979. The van der Waals surface area contributed by atoms with Crippen molar-refractivity contribution >= 4 is 10.0 Å². The molecule has 0 aromatic carbocycles. The lowest BCUT2D eigenvalue weighted by Crippen LogP contribution is -2.51. The standard InChI is InChI=1S/C11H16FN3O6S/c1-13-22(18,19)5-7-9(20-2)11(12,6-21-7)15-4-3-8(16)14-10(15)17/h3-4,7,9,13H,5-6H2,1-2H3,(H,14,16,17)/t7-,9-,11+/m1/s1.